The molecule has 116 valence electrons. The van der Waals surface area contributed by atoms with Crippen LogP contribution in [0.1, 0.15) is 12.5 Å². The molecule has 0 aromatic heterocycles. The first kappa shape index (κ1) is 16.4. The first-order valence-electron chi connectivity index (χ1n) is 6.56. The van der Waals surface area contributed by atoms with Crippen molar-refractivity contribution < 1.29 is 18.3 Å². The van der Waals surface area contributed by atoms with Gasteiger partial charge in [-0.1, -0.05) is 12.1 Å². The Balaban J connectivity index is 2.09. The van der Waals surface area contributed by atoms with Gasteiger partial charge in [-0.25, -0.2) is 8.78 Å². The van der Waals surface area contributed by atoms with E-state index in [2.05, 4.69) is 21.2 Å². The number of aryl methyl sites for hydroxylation is 1. The average molecular weight is 370 g/mol. The molecule has 0 fully saturated rings. The Hall–Kier alpha value is -1.95. The maximum Gasteiger partial charge on any atom is 0.265 e. The van der Waals surface area contributed by atoms with Gasteiger partial charge in [0.1, 0.15) is 23.1 Å². The van der Waals surface area contributed by atoms with E-state index in [0.717, 1.165) is 17.7 Å². The predicted molar refractivity (Wildman–Crippen MR) is 84.0 cm³/mol. The highest BCUT2D eigenvalue weighted by molar-refractivity contribution is 9.10. The summed E-state index contributed by atoms with van der Waals surface area (Å²) in [5, 5.41) is 2.20. The Labute approximate surface area is 135 Å². The maximum atomic E-state index is 13.5. The predicted octanol–water partition coefficient (Wildman–Crippen LogP) is 4.44. The zero-order chi connectivity index (χ0) is 16.3. The molecule has 0 heterocycles. The van der Waals surface area contributed by atoms with Crippen molar-refractivity contribution in [2.24, 2.45) is 0 Å². The molecule has 0 saturated heterocycles. The van der Waals surface area contributed by atoms with Crippen LogP contribution in [0.15, 0.2) is 40.9 Å². The van der Waals surface area contributed by atoms with Crippen LogP contribution < -0.4 is 10.1 Å². The summed E-state index contributed by atoms with van der Waals surface area (Å²) in [6.45, 7) is 3.42. The molecule has 0 saturated carbocycles. The number of rotatable bonds is 4. The van der Waals surface area contributed by atoms with Gasteiger partial charge in [0.2, 0.25) is 0 Å². The number of halogens is 3. The first-order chi connectivity index (χ1) is 10.4. The molecule has 2 rings (SSSR count). The Morgan fingerprint density at radius 2 is 1.86 bits per heavy atom. The van der Waals surface area contributed by atoms with Crippen molar-refractivity contribution in [3.8, 4) is 5.75 Å². The zero-order valence-corrected chi connectivity index (χ0v) is 13.6. The van der Waals surface area contributed by atoms with Crippen LogP contribution in [0.2, 0.25) is 0 Å². The van der Waals surface area contributed by atoms with E-state index >= 15 is 0 Å². The summed E-state index contributed by atoms with van der Waals surface area (Å²) in [6.07, 6.45) is -0.919. The fourth-order valence-electron chi connectivity index (χ4n) is 1.79. The van der Waals surface area contributed by atoms with Crippen LogP contribution in [0, 0.1) is 18.6 Å². The van der Waals surface area contributed by atoms with E-state index in [1.165, 1.54) is 13.0 Å². The Kier molecular flexibility index (Phi) is 5.13. The van der Waals surface area contributed by atoms with E-state index in [9.17, 15) is 13.6 Å². The molecule has 0 aliphatic rings. The van der Waals surface area contributed by atoms with E-state index in [1.54, 1.807) is 6.07 Å². The quantitative estimate of drug-likeness (QED) is 0.864. The lowest BCUT2D eigenvalue weighted by atomic mass is 10.2. The van der Waals surface area contributed by atoms with Gasteiger partial charge in [0, 0.05) is 0 Å². The van der Waals surface area contributed by atoms with Gasteiger partial charge in [0.05, 0.1) is 4.47 Å². The first-order valence-corrected chi connectivity index (χ1v) is 7.35. The summed E-state index contributed by atoms with van der Waals surface area (Å²) in [5.74, 6) is -1.84. The van der Waals surface area contributed by atoms with Gasteiger partial charge in [0.15, 0.2) is 6.10 Å². The van der Waals surface area contributed by atoms with Crippen LogP contribution in [0.5, 0.6) is 5.75 Å². The molecule has 1 atom stereocenters. The minimum Gasteiger partial charge on any atom is -0.480 e. The number of ether oxygens (including phenoxy) is 1. The number of carbonyl (C=O) groups is 1. The molecule has 3 nitrogen and oxygen atoms in total. The van der Waals surface area contributed by atoms with Gasteiger partial charge in [-0.15, -0.1) is 0 Å². The molecule has 0 aliphatic carbocycles. The lowest BCUT2D eigenvalue weighted by Crippen LogP contribution is -2.31. The molecule has 0 radical (unpaired) electrons. The lowest BCUT2D eigenvalue weighted by molar-refractivity contribution is -0.122. The molecule has 1 N–H and O–H groups in total. The summed E-state index contributed by atoms with van der Waals surface area (Å²) in [7, 11) is 0. The largest absolute Gasteiger partial charge is 0.480 e. The fourth-order valence-corrected chi connectivity index (χ4v) is 2.37. The molecule has 2 aromatic rings. The van der Waals surface area contributed by atoms with E-state index in [1.807, 2.05) is 19.1 Å². The topological polar surface area (TPSA) is 38.3 Å². The van der Waals surface area contributed by atoms with Gasteiger partial charge in [0.25, 0.3) is 5.91 Å². The highest BCUT2D eigenvalue weighted by Crippen LogP contribution is 2.27. The van der Waals surface area contributed by atoms with Crippen LogP contribution in [0.25, 0.3) is 0 Å². The number of hydrogen-bond donors (Lipinski definition) is 1. The number of hydrogen-bond acceptors (Lipinski definition) is 2. The highest BCUT2D eigenvalue weighted by Gasteiger charge is 2.19. The zero-order valence-electron chi connectivity index (χ0n) is 12.0. The van der Waals surface area contributed by atoms with Gasteiger partial charge >= 0.3 is 0 Å². The molecule has 2 aromatic carbocycles. The number of amides is 1. The molecule has 0 spiro atoms. The van der Waals surface area contributed by atoms with Crippen molar-refractivity contribution >= 4 is 27.5 Å². The monoisotopic (exact) mass is 369 g/mol. The number of nitrogens with one attached hydrogen (secondary N) is 1. The van der Waals surface area contributed by atoms with Crippen molar-refractivity contribution in [1.29, 1.82) is 0 Å². The standard InChI is InChI=1S/C16H14BrF2NO2/c1-9-6-7-14(11(17)8-9)22-10(2)16(21)20-15-12(18)4-3-5-13(15)19/h3-8,10H,1-2H3,(H,20,21). The number of benzene rings is 2. The summed E-state index contributed by atoms with van der Waals surface area (Å²) in [6, 6.07) is 8.76. The second-order valence-electron chi connectivity index (χ2n) is 4.78. The fraction of sp³-hybridized carbons (Fsp3) is 0.188. The smallest absolute Gasteiger partial charge is 0.265 e. The van der Waals surface area contributed by atoms with Crippen LogP contribution in [-0.2, 0) is 4.79 Å². The van der Waals surface area contributed by atoms with Gasteiger partial charge in [-0.2, -0.15) is 0 Å². The normalized spacial score (nSPS) is 11.9. The van der Waals surface area contributed by atoms with Crippen LogP contribution in [-0.4, -0.2) is 12.0 Å². The summed E-state index contributed by atoms with van der Waals surface area (Å²) < 4.78 is 33.2. The van der Waals surface area contributed by atoms with Crippen molar-refractivity contribution in [2.75, 3.05) is 5.32 Å². The number of para-hydroxylation sites is 1. The second kappa shape index (κ2) is 6.87. The van der Waals surface area contributed by atoms with Gasteiger partial charge in [-0.3, -0.25) is 4.79 Å². The molecule has 1 unspecified atom stereocenters. The minimum atomic E-state index is -0.919. The third kappa shape index (κ3) is 3.82. The Morgan fingerprint density at radius 1 is 1.23 bits per heavy atom. The maximum absolute atomic E-state index is 13.5. The molecule has 1 amide bonds. The second-order valence-corrected chi connectivity index (χ2v) is 5.63. The molecule has 0 aliphatic heterocycles. The molecule has 22 heavy (non-hydrogen) atoms. The lowest BCUT2D eigenvalue weighted by Gasteiger charge is -2.16. The summed E-state index contributed by atoms with van der Waals surface area (Å²) >= 11 is 3.34. The van der Waals surface area contributed by atoms with Crippen LogP contribution >= 0.6 is 15.9 Å². The van der Waals surface area contributed by atoms with Crippen LogP contribution in [0.4, 0.5) is 14.5 Å². The Bertz CT molecular complexity index is 686. The SMILES string of the molecule is Cc1ccc(OC(C)C(=O)Nc2c(F)cccc2F)c(Br)c1. The summed E-state index contributed by atoms with van der Waals surface area (Å²) in [5.41, 5.74) is 0.552. The third-order valence-electron chi connectivity index (χ3n) is 2.97. The minimum absolute atomic E-state index is 0.474. The van der Waals surface area contributed by atoms with E-state index in [0.29, 0.717) is 10.2 Å². The van der Waals surface area contributed by atoms with Crippen molar-refractivity contribution in [1.82, 2.24) is 0 Å². The molecular formula is C16H14BrF2NO2. The number of carbonyl (C=O) groups excluding carboxylic acids is 1. The summed E-state index contributed by atoms with van der Waals surface area (Å²) in [4.78, 5) is 12.0. The van der Waals surface area contributed by atoms with Crippen molar-refractivity contribution in [3.63, 3.8) is 0 Å². The molecule has 0 bridgehead atoms. The third-order valence-corrected chi connectivity index (χ3v) is 3.59. The highest BCUT2D eigenvalue weighted by atomic mass is 79.9. The van der Waals surface area contributed by atoms with Crippen LogP contribution in [0.3, 0.4) is 0 Å². The van der Waals surface area contributed by atoms with E-state index in [-0.39, 0.29) is 0 Å². The van der Waals surface area contributed by atoms with E-state index in [4.69, 9.17) is 4.74 Å². The Morgan fingerprint density at radius 3 is 2.45 bits per heavy atom. The van der Waals surface area contributed by atoms with Gasteiger partial charge in [-0.05, 0) is 59.6 Å². The van der Waals surface area contributed by atoms with E-state index < -0.39 is 29.3 Å². The van der Waals surface area contributed by atoms with Crippen molar-refractivity contribution in [2.45, 2.75) is 20.0 Å². The van der Waals surface area contributed by atoms with Gasteiger partial charge < -0.3 is 10.1 Å². The van der Waals surface area contributed by atoms with Crippen molar-refractivity contribution in [3.05, 3.63) is 58.1 Å². The number of anilines is 1. The molecular weight excluding hydrogens is 356 g/mol. The molecule has 6 heteroatoms. The average Bonchev–Trinajstić information content (AvgIpc) is 2.45.